The minimum Gasteiger partial charge on any atom is -0.507 e. The minimum absolute atomic E-state index is 0.0839. The minimum atomic E-state index is -0.463. The summed E-state index contributed by atoms with van der Waals surface area (Å²) in [5, 5.41) is 15.5. The van der Waals surface area contributed by atoms with Crippen molar-refractivity contribution in [3.8, 4) is 5.75 Å². The van der Waals surface area contributed by atoms with Crippen molar-refractivity contribution in [2.45, 2.75) is 0 Å². The smallest absolute Gasteiger partial charge is 0.273 e. The zero-order valence-corrected chi connectivity index (χ0v) is 8.14. The van der Waals surface area contributed by atoms with Gasteiger partial charge < -0.3 is 5.11 Å². The van der Waals surface area contributed by atoms with Crippen LogP contribution in [0.4, 0.5) is 5.95 Å². The van der Waals surface area contributed by atoms with Gasteiger partial charge >= 0.3 is 0 Å². The first-order valence-corrected chi connectivity index (χ1v) is 4.47. The molecule has 1 aromatic heterocycles. The average molecular weight is 219 g/mol. The third kappa shape index (κ3) is 2.08. The van der Waals surface area contributed by atoms with E-state index < -0.39 is 5.91 Å². The number of amides is 1. The van der Waals surface area contributed by atoms with Crippen molar-refractivity contribution in [1.82, 2.24) is 20.6 Å². The third-order valence-electron chi connectivity index (χ3n) is 1.86. The van der Waals surface area contributed by atoms with E-state index in [1.165, 1.54) is 18.5 Å². The fourth-order valence-electron chi connectivity index (χ4n) is 1.11. The summed E-state index contributed by atoms with van der Waals surface area (Å²) in [4.78, 5) is 15.3. The molecular formula is C9H9N5O2. The molecule has 0 atom stereocenters. The molecule has 4 N–H and O–H groups in total. The molecule has 2 aromatic rings. The van der Waals surface area contributed by atoms with E-state index >= 15 is 0 Å². The average Bonchev–Trinajstić information content (AvgIpc) is 2.79. The maximum absolute atomic E-state index is 11.6. The van der Waals surface area contributed by atoms with Crippen LogP contribution >= 0.6 is 0 Å². The molecule has 0 saturated carbocycles. The van der Waals surface area contributed by atoms with Gasteiger partial charge in [-0.25, -0.2) is 5.10 Å². The summed E-state index contributed by atoms with van der Waals surface area (Å²) in [6, 6.07) is 6.23. The number of aromatic nitrogens is 3. The number of rotatable bonds is 3. The van der Waals surface area contributed by atoms with Gasteiger partial charge in [-0.2, -0.15) is 10.1 Å². The van der Waals surface area contributed by atoms with Gasteiger partial charge in [0.2, 0.25) is 5.95 Å². The SMILES string of the molecule is O=C(NNc1ncn[nH]1)c1ccccc1O. The summed E-state index contributed by atoms with van der Waals surface area (Å²) in [7, 11) is 0. The highest BCUT2D eigenvalue weighted by Gasteiger charge is 2.09. The van der Waals surface area contributed by atoms with Crippen LogP contribution in [0.5, 0.6) is 5.75 Å². The van der Waals surface area contributed by atoms with E-state index in [1.54, 1.807) is 12.1 Å². The molecule has 0 aliphatic carbocycles. The maximum Gasteiger partial charge on any atom is 0.273 e. The fraction of sp³-hybridized carbons (Fsp3) is 0. The standard InChI is InChI=1S/C9H9N5O2/c15-7-4-2-1-3-6(7)8(16)12-14-9-10-5-11-13-9/h1-5,15H,(H,12,16)(H2,10,11,13,14). The number of carbonyl (C=O) groups is 1. The number of hydrogen-bond acceptors (Lipinski definition) is 5. The topological polar surface area (TPSA) is 103 Å². The molecule has 7 heteroatoms. The van der Waals surface area contributed by atoms with Gasteiger partial charge in [-0.3, -0.25) is 15.6 Å². The first-order valence-electron chi connectivity index (χ1n) is 4.47. The molecule has 2 rings (SSSR count). The lowest BCUT2D eigenvalue weighted by molar-refractivity contribution is 0.0959. The Morgan fingerprint density at radius 3 is 2.88 bits per heavy atom. The molecule has 0 fully saturated rings. The van der Waals surface area contributed by atoms with Crippen LogP contribution in [-0.4, -0.2) is 26.2 Å². The number of nitrogens with one attached hydrogen (secondary N) is 3. The molecule has 0 aliphatic rings. The molecule has 82 valence electrons. The molecule has 0 saturated heterocycles. The predicted molar refractivity (Wildman–Crippen MR) is 55.6 cm³/mol. The largest absolute Gasteiger partial charge is 0.507 e. The Balaban J connectivity index is 2.01. The van der Waals surface area contributed by atoms with Crippen molar-refractivity contribution in [2.24, 2.45) is 0 Å². The van der Waals surface area contributed by atoms with Crippen molar-refractivity contribution in [1.29, 1.82) is 0 Å². The van der Waals surface area contributed by atoms with E-state index in [0.29, 0.717) is 5.95 Å². The van der Waals surface area contributed by atoms with Gasteiger partial charge in [0, 0.05) is 0 Å². The van der Waals surface area contributed by atoms with Gasteiger partial charge in [0.15, 0.2) is 0 Å². The van der Waals surface area contributed by atoms with Crippen molar-refractivity contribution >= 4 is 11.9 Å². The Kier molecular flexibility index (Phi) is 2.68. The Labute approximate surface area is 90.5 Å². The first kappa shape index (κ1) is 9.97. The second-order valence-corrected chi connectivity index (χ2v) is 2.93. The lowest BCUT2D eigenvalue weighted by Gasteiger charge is -2.06. The number of phenols is 1. The van der Waals surface area contributed by atoms with Crippen molar-refractivity contribution in [3.05, 3.63) is 36.2 Å². The molecule has 1 aromatic carbocycles. The normalized spacial score (nSPS) is 9.75. The number of hydrogen-bond donors (Lipinski definition) is 4. The zero-order chi connectivity index (χ0) is 11.4. The third-order valence-corrected chi connectivity index (χ3v) is 1.86. The Bertz CT molecular complexity index is 482. The summed E-state index contributed by atoms with van der Waals surface area (Å²) in [6.07, 6.45) is 1.30. The lowest BCUT2D eigenvalue weighted by atomic mass is 10.2. The Morgan fingerprint density at radius 1 is 1.38 bits per heavy atom. The van der Waals surface area contributed by atoms with Crippen molar-refractivity contribution in [2.75, 3.05) is 5.43 Å². The number of para-hydroxylation sites is 1. The van der Waals surface area contributed by atoms with Gasteiger partial charge in [-0.1, -0.05) is 12.1 Å². The number of H-pyrrole nitrogens is 1. The Morgan fingerprint density at radius 2 is 2.19 bits per heavy atom. The summed E-state index contributed by atoms with van der Waals surface area (Å²) >= 11 is 0. The molecule has 0 unspecified atom stereocenters. The molecule has 16 heavy (non-hydrogen) atoms. The van der Waals surface area contributed by atoms with Gasteiger partial charge in [-0.05, 0) is 12.1 Å². The van der Waals surface area contributed by atoms with E-state index in [-0.39, 0.29) is 11.3 Å². The molecule has 1 amide bonds. The van der Waals surface area contributed by atoms with Crippen LogP contribution in [0.25, 0.3) is 0 Å². The molecule has 0 spiro atoms. The van der Waals surface area contributed by atoms with E-state index in [4.69, 9.17) is 0 Å². The van der Waals surface area contributed by atoms with E-state index in [9.17, 15) is 9.90 Å². The Hall–Kier alpha value is -2.57. The van der Waals surface area contributed by atoms with Crippen molar-refractivity contribution in [3.63, 3.8) is 0 Å². The quantitative estimate of drug-likeness (QED) is 0.555. The van der Waals surface area contributed by atoms with Crippen LogP contribution in [0.2, 0.25) is 0 Å². The fourth-order valence-corrected chi connectivity index (χ4v) is 1.11. The molecule has 0 radical (unpaired) electrons. The second kappa shape index (κ2) is 4.30. The summed E-state index contributed by atoms with van der Waals surface area (Å²) in [5.41, 5.74) is 5.05. The number of anilines is 1. The van der Waals surface area contributed by atoms with Crippen molar-refractivity contribution < 1.29 is 9.90 Å². The molecule has 0 aliphatic heterocycles. The van der Waals surface area contributed by atoms with E-state index in [0.717, 1.165) is 0 Å². The number of benzene rings is 1. The highest BCUT2D eigenvalue weighted by atomic mass is 16.3. The monoisotopic (exact) mass is 219 g/mol. The molecule has 1 heterocycles. The zero-order valence-electron chi connectivity index (χ0n) is 8.14. The maximum atomic E-state index is 11.6. The van der Waals surface area contributed by atoms with Crippen LogP contribution in [-0.2, 0) is 0 Å². The van der Waals surface area contributed by atoms with Crippen LogP contribution < -0.4 is 10.9 Å². The lowest BCUT2D eigenvalue weighted by Crippen LogP contribution is -2.29. The van der Waals surface area contributed by atoms with Gasteiger partial charge in [0.25, 0.3) is 5.91 Å². The number of hydrazine groups is 1. The summed E-state index contributed by atoms with van der Waals surface area (Å²) in [5.74, 6) is -0.238. The highest BCUT2D eigenvalue weighted by molar-refractivity contribution is 5.97. The second-order valence-electron chi connectivity index (χ2n) is 2.93. The molecule has 7 nitrogen and oxygen atoms in total. The number of phenolic OH excluding ortho intramolecular Hbond substituents is 1. The number of carbonyl (C=O) groups excluding carboxylic acids is 1. The highest BCUT2D eigenvalue weighted by Crippen LogP contribution is 2.14. The van der Waals surface area contributed by atoms with Crippen LogP contribution in [0.1, 0.15) is 10.4 Å². The van der Waals surface area contributed by atoms with Crippen LogP contribution in [0.15, 0.2) is 30.6 Å². The summed E-state index contributed by atoms with van der Waals surface area (Å²) < 4.78 is 0. The number of aromatic amines is 1. The predicted octanol–water partition coefficient (Wildman–Crippen LogP) is 0.267. The van der Waals surface area contributed by atoms with Gasteiger partial charge in [0.1, 0.15) is 12.1 Å². The van der Waals surface area contributed by atoms with E-state index in [1.807, 2.05) is 0 Å². The molecular weight excluding hydrogens is 210 g/mol. The van der Waals surface area contributed by atoms with Crippen LogP contribution in [0, 0.1) is 0 Å². The first-order chi connectivity index (χ1) is 7.77. The number of aromatic hydroxyl groups is 1. The number of nitrogens with zero attached hydrogens (tertiary/aromatic N) is 2. The summed E-state index contributed by atoms with van der Waals surface area (Å²) in [6.45, 7) is 0. The van der Waals surface area contributed by atoms with E-state index in [2.05, 4.69) is 26.0 Å². The molecule has 0 bridgehead atoms. The van der Waals surface area contributed by atoms with Gasteiger partial charge in [0.05, 0.1) is 5.56 Å². The van der Waals surface area contributed by atoms with Crippen LogP contribution in [0.3, 0.4) is 0 Å². The van der Waals surface area contributed by atoms with Gasteiger partial charge in [-0.15, -0.1) is 0 Å².